The van der Waals surface area contributed by atoms with Crippen LogP contribution in [0.5, 0.6) is 0 Å². The lowest BCUT2D eigenvalue weighted by Gasteiger charge is -2.19. The van der Waals surface area contributed by atoms with Crippen molar-refractivity contribution >= 4 is 65.4 Å². The van der Waals surface area contributed by atoms with E-state index < -0.39 is 141 Å². The summed E-state index contributed by atoms with van der Waals surface area (Å²) < 4.78 is 0. The Labute approximate surface area is 408 Å². The standard InChI is InChI=1S/C46H79N7O17/c47-30-18-17-19-35(46(69)70)52-53-40(58)29-25-34(45(67)68)51-39(57)28-24-33(44(65)66)50-38(56)27-23-32(43(63)64)49-37(55)26-22-31(42(61)62)48-36(54)20-15-13-11-9-7-5-3-1-2-4-6-8-10-12-14-16-21-41(59)60/h31-35,52H,1-30,47H2,(H,48,54)(H,49,55)(H,50,56)(H,51,57)(H,53,58)(H,59,60)(H,61,62)(H,63,64)(H,65,66)(H,67,68)(H,69,70)/t31-,32-,33-,34-,35-/m0/s1. The van der Waals surface area contributed by atoms with Gasteiger partial charge in [0, 0.05) is 38.5 Å². The SMILES string of the molecule is NCCCC[C@H](NNC(=O)CC[C@H](NC(=O)CC[C@H](NC(=O)CC[C@H](NC(=O)CC[C@H](NC(=O)CCCCCCCCCCCCCCCCCCC(=O)O)C(=O)O)C(=O)O)C(=O)O)C(=O)O)C(=O)O. The third-order valence-corrected chi connectivity index (χ3v) is 11.3. The summed E-state index contributed by atoms with van der Waals surface area (Å²) in [5, 5.41) is 65.2. The van der Waals surface area contributed by atoms with Crippen molar-refractivity contribution in [1.82, 2.24) is 32.1 Å². The summed E-state index contributed by atoms with van der Waals surface area (Å²) in [4.78, 5) is 132. The Hall–Kier alpha value is -5.91. The first kappa shape index (κ1) is 64.1. The Morgan fingerprint density at radius 3 is 0.857 bits per heavy atom. The molecule has 0 aliphatic carbocycles. The number of carbonyl (C=O) groups is 11. The van der Waals surface area contributed by atoms with Crippen molar-refractivity contribution < 1.29 is 83.4 Å². The maximum Gasteiger partial charge on any atom is 0.326 e. The van der Waals surface area contributed by atoms with Crippen LogP contribution in [0.1, 0.15) is 186 Å². The highest BCUT2D eigenvalue weighted by Gasteiger charge is 2.28. The van der Waals surface area contributed by atoms with Gasteiger partial charge in [0.2, 0.25) is 29.5 Å². The highest BCUT2D eigenvalue weighted by atomic mass is 16.4. The highest BCUT2D eigenvalue weighted by Crippen LogP contribution is 2.15. The Bertz CT molecular complexity index is 1650. The van der Waals surface area contributed by atoms with Gasteiger partial charge in [0.1, 0.15) is 30.2 Å². The third-order valence-electron chi connectivity index (χ3n) is 11.3. The molecule has 0 saturated heterocycles. The zero-order chi connectivity index (χ0) is 52.7. The van der Waals surface area contributed by atoms with Crippen molar-refractivity contribution in [2.45, 2.75) is 216 Å². The average molecular weight is 1000 g/mol. The topological polar surface area (TPSA) is 407 Å². The summed E-state index contributed by atoms with van der Waals surface area (Å²) in [6.07, 6.45) is 14.4. The predicted molar refractivity (Wildman–Crippen MR) is 252 cm³/mol. The molecular formula is C46H79N7O17. The number of carbonyl (C=O) groups excluding carboxylic acids is 5. The Kier molecular flexibility index (Phi) is 36.5. The van der Waals surface area contributed by atoms with Gasteiger partial charge < -0.3 is 57.6 Å². The second-order valence-electron chi connectivity index (χ2n) is 17.4. The number of carboxylic acid groups (broad SMARTS) is 6. The molecule has 400 valence electrons. The summed E-state index contributed by atoms with van der Waals surface area (Å²) in [5.41, 5.74) is 9.93. The van der Waals surface area contributed by atoms with Crippen LogP contribution in [-0.4, -0.2) is 133 Å². The van der Waals surface area contributed by atoms with Crippen LogP contribution in [-0.2, 0) is 52.7 Å². The van der Waals surface area contributed by atoms with Crippen molar-refractivity contribution in [1.29, 1.82) is 0 Å². The van der Waals surface area contributed by atoms with Crippen LogP contribution >= 0.6 is 0 Å². The fraction of sp³-hybridized carbons (Fsp3) is 0.761. The largest absolute Gasteiger partial charge is 0.481 e. The Morgan fingerprint density at radius 2 is 0.571 bits per heavy atom. The van der Waals surface area contributed by atoms with E-state index in [0.29, 0.717) is 25.8 Å². The van der Waals surface area contributed by atoms with Crippen LogP contribution in [0.2, 0.25) is 0 Å². The molecule has 0 spiro atoms. The maximum absolute atomic E-state index is 12.6. The van der Waals surface area contributed by atoms with Gasteiger partial charge in [-0.1, -0.05) is 89.9 Å². The van der Waals surface area contributed by atoms with Crippen LogP contribution in [0, 0.1) is 0 Å². The molecule has 0 heterocycles. The molecule has 0 aromatic carbocycles. The zero-order valence-electron chi connectivity index (χ0n) is 40.4. The van der Waals surface area contributed by atoms with Gasteiger partial charge in [0.05, 0.1) is 0 Å². The van der Waals surface area contributed by atoms with Crippen molar-refractivity contribution in [2.24, 2.45) is 5.73 Å². The van der Waals surface area contributed by atoms with Crippen LogP contribution in [0.15, 0.2) is 0 Å². The molecule has 0 fully saturated rings. The molecule has 24 heteroatoms. The van der Waals surface area contributed by atoms with Gasteiger partial charge in [-0.3, -0.25) is 39.0 Å². The monoisotopic (exact) mass is 1000 g/mol. The first-order valence-corrected chi connectivity index (χ1v) is 24.5. The number of hydrogen-bond acceptors (Lipinski definition) is 13. The van der Waals surface area contributed by atoms with Gasteiger partial charge in [0.15, 0.2) is 0 Å². The molecule has 0 radical (unpaired) electrons. The van der Waals surface area contributed by atoms with E-state index >= 15 is 0 Å². The molecule has 5 amide bonds. The van der Waals surface area contributed by atoms with Gasteiger partial charge in [-0.2, -0.15) is 0 Å². The molecule has 0 aromatic rings. The quantitative estimate of drug-likeness (QED) is 0.0308. The number of nitrogens with one attached hydrogen (secondary N) is 6. The lowest BCUT2D eigenvalue weighted by atomic mass is 10.0. The first-order valence-electron chi connectivity index (χ1n) is 24.5. The van der Waals surface area contributed by atoms with Crippen molar-refractivity contribution in [3.05, 3.63) is 0 Å². The van der Waals surface area contributed by atoms with E-state index in [2.05, 4.69) is 32.1 Å². The van der Waals surface area contributed by atoms with E-state index in [-0.39, 0.29) is 25.7 Å². The molecule has 0 saturated carbocycles. The van der Waals surface area contributed by atoms with Gasteiger partial charge >= 0.3 is 35.8 Å². The summed E-state index contributed by atoms with van der Waals surface area (Å²) in [5.74, 6) is -12.0. The van der Waals surface area contributed by atoms with Crippen LogP contribution < -0.4 is 37.9 Å². The van der Waals surface area contributed by atoms with E-state index in [0.717, 1.165) is 57.8 Å². The molecular weight excluding hydrogens is 923 g/mol. The lowest BCUT2D eigenvalue weighted by Crippen LogP contribution is -2.49. The molecule has 0 bridgehead atoms. The number of nitrogens with two attached hydrogens (primary N) is 1. The fourth-order valence-corrected chi connectivity index (χ4v) is 7.21. The van der Waals surface area contributed by atoms with Crippen LogP contribution in [0.3, 0.4) is 0 Å². The normalized spacial score (nSPS) is 13.1. The predicted octanol–water partition coefficient (Wildman–Crippen LogP) is 2.69. The molecule has 0 aliphatic rings. The molecule has 0 unspecified atom stereocenters. The number of hydrazine groups is 1. The van der Waals surface area contributed by atoms with E-state index in [9.17, 15) is 78.3 Å². The highest BCUT2D eigenvalue weighted by molar-refractivity contribution is 5.88. The van der Waals surface area contributed by atoms with Crippen LogP contribution in [0.4, 0.5) is 0 Å². The minimum absolute atomic E-state index is 0.0967. The van der Waals surface area contributed by atoms with Crippen molar-refractivity contribution in [3.8, 4) is 0 Å². The molecule has 14 N–H and O–H groups in total. The molecule has 0 aromatic heterocycles. The summed E-state index contributed by atoms with van der Waals surface area (Å²) in [7, 11) is 0. The van der Waals surface area contributed by atoms with Gasteiger partial charge in [0.25, 0.3) is 0 Å². The van der Waals surface area contributed by atoms with Crippen molar-refractivity contribution in [3.63, 3.8) is 0 Å². The van der Waals surface area contributed by atoms with Crippen molar-refractivity contribution in [2.75, 3.05) is 6.54 Å². The molecule has 70 heavy (non-hydrogen) atoms. The molecule has 0 aliphatic heterocycles. The fourth-order valence-electron chi connectivity index (χ4n) is 7.21. The summed E-state index contributed by atoms with van der Waals surface area (Å²) in [6.45, 7) is 0.353. The molecule has 0 rings (SSSR count). The first-order chi connectivity index (χ1) is 33.3. The van der Waals surface area contributed by atoms with E-state index in [1.165, 1.54) is 38.5 Å². The summed E-state index contributed by atoms with van der Waals surface area (Å²) in [6, 6.07) is -7.42. The van der Waals surface area contributed by atoms with Crippen LogP contribution in [0.25, 0.3) is 0 Å². The third kappa shape index (κ3) is 35.2. The number of amides is 5. The van der Waals surface area contributed by atoms with E-state index in [4.69, 9.17) is 10.8 Å². The zero-order valence-corrected chi connectivity index (χ0v) is 40.4. The number of aliphatic carboxylic acids is 6. The average Bonchev–Trinajstić information content (AvgIpc) is 3.29. The van der Waals surface area contributed by atoms with Gasteiger partial charge in [-0.25, -0.2) is 24.6 Å². The maximum atomic E-state index is 12.6. The Morgan fingerprint density at radius 1 is 0.300 bits per heavy atom. The molecule has 5 atom stereocenters. The lowest BCUT2D eigenvalue weighted by molar-refractivity contribution is -0.144. The van der Waals surface area contributed by atoms with E-state index in [1.807, 2.05) is 0 Å². The van der Waals surface area contributed by atoms with E-state index in [1.54, 1.807) is 0 Å². The second kappa shape index (κ2) is 39.9. The number of unbranched alkanes of at least 4 members (excludes halogenated alkanes) is 16. The summed E-state index contributed by atoms with van der Waals surface area (Å²) >= 11 is 0. The number of rotatable bonds is 46. The number of carboxylic acids is 6. The van der Waals surface area contributed by atoms with Gasteiger partial charge in [-0.05, 0) is 64.3 Å². The molecule has 24 nitrogen and oxygen atoms in total. The minimum atomic E-state index is -1.67. The number of hydrogen-bond donors (Lipinski definition) is 13. The second-order valence-corrected chi connectivity index (χ2v) is 17.4. The smallest absolute Gasteiger partial charge is 0.326 e. The van der Waals surface area contributed by atoms with Gasteiger partial charge in [-0.15, -0.1) is 0 Å². The minimum Gasteiger partial charge on any atom is -0.481 e. The Balaban J connectivity index is 4.57.